The van der Waals surface area contributed by atoms with Gasteiger partial charge in [0.05, 0.1) is 18.4 Å². The minimum Gasteiger partial charge on any atom is -0.392 e. The van der Waals surface area contributed by atoms with Crippen LogP contribution in [0.2, 0.25) is 0 Å². The number of aliphatic hydroxyl groups excluding tert-OH is 1. The van der Waals surface area contributed by atoms with Gasteiger partial charge in [-0.05, 0) is 19.8 Å². The molecule has 0 spiro atoms. The first-order valence-corrected chi connectivity index (χ1v) is 4.99. The summed E-state index contributed by atoms with van der Waals surface area (Å²) in [5.41, 5.74) is 1.78. The molecule has 1 N–H and O–H groups in total. The summed E-state index contributed by atoms with van der Waals surface area (Å²) >= 11 is 0. The number of aryl methyl sites for hydroxylation is 1. The lowest BCUT2D eigenvalue weighted by Crippen LogP contribution is -2.04. The Morgan fingerprint density at radius 1 is 1.64 bits per heavy atom. The summed E-state index contributed by atoms with van der Waals surface area (Å²) < 4.78 is 7.45. The SMILES string of the molecule is CC1CCC(c2nn(C)cc2CO)O1. The van der Waals surface area contributed by atoms with E-state index in [9.17, 15) is 0 Å². The lowest BCUT2D eigenvalue weighted by molar-refractivity contribution is 0.0515. The standard InChI is InChI=1S/C10H16N2O2/c1-7-3-4-9(14-7)10-8(6-13)5-12(2)11-10/h5,7,9,13H,3-4,6H2,1-2H3. The first-order valence-electron chi connectivity index (χ1n) is 4.99. The molecule has 0 saturated carbocycles. The van der Waals surface area contributed by atoms with E-state index in [-0.39, 0.29) is 12.7 Å². The van der Waals surface area contributed by atoms with Crippen molar-refractivity contribution in [2.45, 2.75) is 38.6 Å². The Bertz CT molecular complexity index is 322. The maximum atomic E-state index is 9.15. The van der Waals surface area contributed by atoms with Crippen LogP contribution in [0.15, 0.2) is 6.20 Å². The molecule has 4 nitrogen and oxygen atoms in total. The zero-order valence-electron chi connectivity index (χ0n) is 8.60. The molecule has 0 amide bonds. The second-order valence-electron chi connectivity index (χ2n) is 3.88. The predicted octanol–water partition coefficient (Wildman–Crippen LogP) is 1.15. The van der Waals surface area contributed by atoms with Crippen molar-refractivity contribution in [2.75, 3.05) is 0 Å². The van der Waals surface area contributed by atoms with E-state index in [1.165, 1.54) is 0 Å². The van der Waals surface area contributed by atoms with E-state index in [2.05, 4.69) is 12.0 Å². The fraction of sp³-hybridized carbons (Fsp3) is 0.700. The fourth-order valence-electron chi connectivity index (χ4n) is 1.95. The van der Waals surface area contributed by atoms with Crippen molar-refractivity contribution in [1.82, 2.24) is 9.78 Å². The van der Waals surface area contributed by atoms with E-state index in [0.717, 1.165) is 24.1 Å². The number of aromatic nitrogens is 2. The molecule has 78 valence electrons. The molecule has 0 radical (unpaired) electrons. The molecule has 4 heteroatoms. The second-order valence-corrected chi connectivity index (χ2v) is 3.88. The molecule has 2 rings (SSSR count). The first kappa shape index (κ1) is 9.68. The van der Waals surface area contributed by atoms with Crippen LogP contribution in [-0.2, 0) is 18.4 Å². The van der Waals surface area contributed by atoms with Gasteiger partial charge in [0.15, 0.2) is 0 Å². The predicted molar refractivity (Wildman–Crippen MR) is 51.7 cm³/mol. The van der Waals surface area contributed by atoms with Crippen LogP contribution in [-0.4, -0.2) is 21.0 Å². The zero-order chi connectivity index (χ0) is 10.1. The highest BCUT2D eigenvalue weighted by atomic mass is 16.5. The van der Waals surface area contributed by atoms with E-state index in [1.54, 1.807) is 4.68 Å². The highest BCUT2D eigenvalue weighted by molar-refractivity contribution is 5.19. The van der Waals surface area contributed by atoms with Crippen molar-refractivity contribution in [2.24, 2.45) is 7.05 Å². The number of hydrogen-bond acceptors (Lipinski definition) is 3. The van der Waals surface area contributed by atoms with Gasteiger partial charge in [-0.2, -0.15) is 5.10 Å². The molecule has 1 aromatic rings. The Labute approximate surface area is 83.5 Å². The van der Waals surface area contributed by atoms with Crippen molar-refractivity contribution in [3.8, 4) is 0 Å². The minimum atomic E-state index is 0.0391. The molecule has 0 aliphatic carbocycles. The number of ether oxygens (including phenoxy) is 1. The minimum absolute atomic E-state index is 0.0391. The molecule has 1 aliphatic heterocycles. The van der Waals surface area contributed by atoms with Crippen molar-refractivity contribution in [3.05, 3.63) is 17.5 Å². The lowest BCUT2D eigenvalue weighted by atomic mass is 10.1. The van der Waals surface area contributed by atoms with Crippen LogP contribution >= 0.6 is 0 Å². The Balaban J connectivity index is 2.22. The Kier molecular flexibility index (Phi) is 2.56. The molecule has 1 aromatic heterocycles. The monoisotopic (exact) mass is 196 g/mol. The fourth-order valence-corrected chi connectivity index (χ4v) is 1.95. The number of hydrogen-bond donors (Lipinski definition) is 1. The van der Waals surface area contributed by atoms with Gasteiger partial charge in [0.25, 0.3) is 0 Å². The molecule has 1 aliphatic rings. The summed E-state index contributed by atoms with van der Waals surface area (Å²) in [5, 5.41) is 13.5. The molecule has 1 fully saturated rings. The summed E-state index contributed by atoms with van der Waals surface area (Å²) in [6.07, 6.45) is 4.32. The Hall–Kier alpha value is -0.870. The summed E-state index contributed by atoms with van der Waals surface area (Å²) in [4.78, 5) is 0. The van der Waals surface area contributed by atoms with E-state index < -0.39 is 0 Å². The van der Waals surface area contributed by atoms with Crippen LogP contribution in [0.5, 0.6) is 0 Å². The third kappa shape index (κ3) is 1.67. The average Bonchev–Trinajstić information content (AvgIpc) is 2.71. The molecule has 0 aromatic carbocycles. The second kappa shape index (κ2) is 3.71. The van der Waals surface area contributed by atoms with Crippen molar-refractivity contribution in [3.63, 3.8) is 0 Å². The number of aliphatic hydroxyl groups is 1. The third-order valence-corrected chi connectivity index (χ3v) is 2.64. The molecule has 1 saturated heterocycles. The van der Waals surface area contributed by atoms with Gasteiger partial charge >= 0.3 is 0 Å². The zero-order valence-corrected chi connectivity index (χ0v) is 8.60. The maximum absolute atomic E-state index is 9.15. The topological polar surface area (TPSA) is 47.3 Å². The van der Waals surface area contributed by atoms with Crippen LogP contribution in [0, 0.1) is 0 Å². The Morgan fingerprint density at radius 2 is 2.43 bits per heavy atom. The van der Waals surface area contributed by atoms with Gasteiger partial charge in [0.1, 0.15) is 6.10 Å². The highest BCUT2D eigenvalue weighted by Gasteiger charge is 2.27. The van der Waals surface area contributed by atoms with Crippen molar-refractivity contribution in [1.29, 1.82) is 0 Å². The molecule has 2 atom stereocenters. The lowest BCUT2D eigenvalue weighted by Gasteiger charge is -2.09. The maximum Gasteiger partial charge on any atom is 0.102 e. The van der Waals surface area contributed by atoms with E-state index in [4.69, 9.17) is 9.84 Å². The van der Waals surface area contributed by atoms with Crippen LogP contribution in [0.4, 0.5) is 0 Å². The van der Waals surface area contributed by atoms with Crippen LogP contribution in [0.3, 0.4) is 0 Å². The van der Waals surface area contributed by atoms with Crippen LogP contribution in [0.25, 0.3) is 0 Å². The van der Waals surface area contributed by atoms with E-state index in [1.807, 2.05) is 13.2 Å². The number of nitrogens with zero attached hydrogens (tertiary/aromatic N) is 2. The largest absolute Gasteiger partial charge is 0.392 e. The van der Waals surface area contributed by atoms with Gasteiger partial charge in [0, 0.05) is 18.8 Å². The summed E-state index contributed by atoms with van der Waals surface area (Å²) in [7, 11) is 1.86. The smallest absolute Gasteiger partial charge is 0.102 e. The molecule has 0 bridgehead atoms. The van der Waals surface area contributed by atoms with Crippen LogP contribution in [0.1, 0.15) is 37.1 Å². The van der Waals surface area contributed by atoms with Crippen molar-refractivity contribution >= 4 is 0 Å². The van der Waals surface area contributed by atoms with Gasteiger partial charge in [-0.25, -0.2) is 0 Å². The van der Waals surface area contributed by atoms with Gasteiger partial charge < -0.3 is 9.84 Å². The van der Waals surface area contributed by atoms with E-state index >= 15 is 0 Å². The molecule has 14 heavy (non-hydrogen) atoms. The average molecular weight is 196 g/mol. The van der Waals surface area contributed by atoms with Gasteiger partial charge in [-0.15, -0.1) is 0 Å². The molecular formula is C10H16N2O2. The summed E-state index contributed by atoms with van der Waals surface area (Å²) in [6, 6.07) is 0. The van der Waals surface area contributed by atoms with Gasteiger partial charge in [-0.1, -0.05) is 0 Å². The highest BCUT2D eigenvalue weighted by Crippen LogP contribution is 2.33. The van der Waals surface area contributed by atoms with E-state index in [0.29, 0.717) is 6.10 Å². The molecule has 2 unspecified atom stereocenters. The first-order chi connectivity index (χ1) is 6.70. The summed E-state index contributed by atoms with van der Waals surface area (Å²) in [5.74, 6) is 0. The third-order valence-electron chi connectivity index (χ3n) is 2.64. The molecular weight excluding hydrogens is 180 g/mol. The van der Waals surface area contributed by atoms with Gasteiger partial charge in [0.2, 0.25) is 0 Å². The Morgan fingerprint density at radius 3 is 3.00 bits per heavy atom. The summed E-state index contributed by atoms with van der Waals surface area (Å²) in [6.45, 7) is 2.11. The quantitative estimate of drug-likeness (QED) is 0.772. The van der Waals surface area contributed by atoms with Gasteiger partial charge in [-0.3, -0.25) is 4.68 Å². The van der Waals surface area contributed by atoms with Crippen molar-refractivity contribution < 1.29 is 9.84 Å². The molecule has 2 heterocycles. The van der Waals surface area contributed by atoms with Crippen LogP contribution < -0.4 is 0 Å². The number of rotatable bonds is 2. The normalized spacial score (nSPS) is 27.1.